The van der Waals surface area contributed by atoms with Crippen LogP contribution in [0.3, 0.4) is 0 Å². The number of aromatic nitrogens is 1. The van der Waals surface area contributed by atoms with Crippen molar-refractivity contribution in [2.75, 3.05) is 36.4 Å². The van der Waals surface area contributed by atoms with Gasteiger partial charge in [0, 0.05) is 33.1 Å². The molecule has 2 heterocycles. The minimum atomic E-state index is -0.393. The van der Waals surface area contributed by atoms with Crippen molar-refractivity contribution < 1.29 is 14.0 Å². The summed E-state index contributed by atoms with van der Waals surface area (Å²) >= 11 is 0. The van der Waals surface area contributed by atoms with Crippen LogP contribution in [0.1, 0.15) is 12.5 Å². The first-order chi connectivity index (χ1) is 12.5. The molecule has 2 aromatic rings. The summed E-state index contributed by atoms with van der Waals surface area (Å²) in [5.74, 6) is -0.186. The lowest BCUT2D eigenvalue weighted by Gasteiger charge is -2.35. The molecule has 1 aliphatic heterocycles. The average molecular weight is 356 g/mol. The molecule has 0 bridgehead atoms. The number of nitrogens with zero attached hydrogens (tertiary/aromatic N) is 3. The van der Waals surface area contributed by atoms with Gasteiger partial charge in [0.2, 0.25) is 11.8 Å². The van der Waals surface area contributed by atoms with Crippen molar-refractivity contribution in [3.63, 3.8) is 0 Å². The molecule has 1 aromatic heterocycles. The van der Waals surface area contributed by atoms with Crippen LogP contribution < -0.4 is 10.2 Å². The molecule has 0 aliphatic carbocycles. The van der Waals surface area contributed by atoms with Crippen LogP contribution in [0.15, 0.2) is 42.6 Å². The summed E-state index contributed by atoms with van der Waals surface area (Å²) < 4.78 is 13.6. The lowest BCUT2D eigenvalue weighted by atomic mass is 10.1. The van der Waals surface area contributed by atoms with E-state index in [1.54, 1.807) is 37.4 Å². The van der Waals surface area contributed by atoms with Crippen molar-refractivity contribution in [2.45, 2.75) is 13.3 Å². The number of benzene rings is 1. The number of piperazine rings is 1. The minimum Gasteiger partial charge on any atom is -0.367 e. The predicted molar refractivity (Wildman–Crippen MR) is 97.4 cm³/mol. The molecule has 1 saturated heterocycles. The molecule has 0 atom stereocenters. The Morgan fingerprint density at radius 2 is 1.85 bits per heavy atom. The number of rotatable bonds is 4. The highest BCUT2D eigenvalue weighted by molar-refractivity contribution is 5.91. The summed E-state index contributed by atoms with van der Waals surface area (Å²) in [6.07, 6.45) is 1.66. The molecule has 6 nitrogen and oxygen atoms in total. The zero-order valence-corrected chi connectivity index (χ0v) is 14.6. The van der Waals surface area contributed by atoms with Gasteiger partial charge in [-0.05, 0) is 23.8 Å². The van der Waals surface area contributed by atoms with Gasteiger partial charge in [-0.3, -0.25) is 9.59 Å². The summed E-state index contributed by atoms with van der Waals surface area (Å²) in [7, 11) is 0. The number of nitrogens with one attached hydrogen (secondary N) is 1. The molecule has 1 N–H and O–H groups in total. The first-order valence-corrected chi connectivity index (χ1v) is 8.52. The third kappa shape index (κ3) is 4.36. The second kappa shape index (κ2) is 7.95. The number of halogens is 1. The van der Waals surface area contributed by atoms with Gasteiger partial charge >= 0.3 is 0 Å². The summed E-state index contributed by atoms with van der Waals surface area (Å²) in [6.45, 7) is 4.46. The summed E-state index contributed by atoms with van der Waals surface area (Å²) in [4.78, 5) is 31.7. The Hall–Kier alpha value is -2.96. The van der Waals surface area contributed by atoms with Gasteiger partial charge in [-0.2, -0.15) is 0 Å². The fraction of sp³-hybridized carbons (Fsp3) is 0.316. The second-order valence-corrected chi connectivity index (χ2v) is 6.21. The molecule has 1 aromatic carbocycles. The van der Waals surface area contributed by atoms with E-state index in [0.29, 0.717) is 24.5 Å². The van der Waals surface area contributed by atoms with E-state index >= 15 is 0 Å². The van der Waals surface area contributed by atoms with Gasteiger partial charge in [0.15, 0.2) is 0 Å². The van der Waals surface area contributed by atoms with E-state index in [1.165, 1.54) is 6.07 Å². The molecule has 7 heteroatoms. The molecular formula is C19H21FN4O2. The van der Waals surface area contributed by atoms with E-state index in [9.17, 15) is 14.0 Å². The fourth-order valence-corrected chi connectivity index (χ4v) is 2.93. The van der Waals surface area contributed by atoms with Crippen LogP contribution >= 0.6 is 0 Å². The summed E-state index contributed by atoms with van der Waals surface area (Å²) in [5.41, 5.74) is 1.30. The van der Waals surface area contributed by atoms with E-state index in [-0.39, 0.29) is 18.2 Å². The maximum absolute atomic E-state index is 13.6. The van der Waals surface area contributed by atoms with Crippen LogP contribution in [0.25, 0.3) is 0 Å². The van der Waals surface area contributed by atoms with Crippen LogP contribution in [0.4, 0.5) is 15.9 Å². The second-order valence-electron chi connectivity index (χ2n) is 6.21. The SMILES string of the molecule is CC(=O)N1CCN(c2ccc(NC(=O)Cc3ccccc3F)nc2)CC1. The zero-order chi connectivity index (χ0) is 18.5. The number of carbonyl (C=O) groups excluding carboxylic acids is 2. The van der Waals surface area contributed by atoms with E-state index in [2.05, 4.69) is 15.2 Å². The topological polar surface area (TPSA) is 65.5 Å². The zero-order valence-electron chi connectivity index (χ0n) is 14.6. The van der Waals surface area contributed by atoms with E-state index in [1.807, 2.05) is 11.0 Å². The smallest absolute Gasteiger partial charge is 0.230 e. The highest BCUT2D eigenvalue weighted by Crippen LogP contribution is 2.17. The number of anilines is 2. The molecule has 136 valence electrons. The predicted octanol–water partition coefficient (Wildman–Crippen LogP) is 2.07. The first kappa shape index (κ1) is 17.8. The number of amides is 2. The van der Waals surface area contributed by atoms with Crippen molar-refractivity contribution in [2.24, 2.45) is 0 Å². The Bertz CT molecular complexity index is 786. The van der Waals surface area contributed by atoms with E-state index in [4.69, 9.17) is 0 Å². The Kier molecular flexibility index (Phi) is 5.46. The maximum Gasteiger partial charge on any atom is 0.230 e. The first-order valence-electron chi connectivity index (χ1n) is 8.52. The molecule has 0 unspecified atom stereocenters. The average Bonchev–Trinajstić information content (AvgIpc) is 2.64. The van der Waals surface area contributed by atoms with Crippen molar-refractivity contribution in [3.8, 4) is 0 Å². The van der Waals surface area contributed by atoms with Gasteiger partial charge in [0.05, 0.1) is 18.3 Å². The van der Waals surface area contributed by atoms with Crippen LogP contribution in [0.5, 0.6) is 0 Å². The number of pyridine rings is 1. The third-order valence-electron chi connectivity index (χ3n) is 4.41. The van der Waals surface area contributed by atoms with Gasteiger partial charge in [-0.1, -0.05) is 18.2 Å². The molecule has 3 rings (SSSR count). The minimum absolute atomic E-state index is 0.0386. The molecule has 0 saturated carbocycles. The maximum atomic E-state index is 13.6. The van der Waals surface area contributed by atoms with Crippen LogP contribution in [-0.2, 0) is 16.0 Å². The summed E-state index contributed by atoms with van der Waals surface area (Å²) in [5, 5.41) is 2.68. The van der Waals surface area contributed by atoms with Crippen molar-refractivity contribution >= 4 is 23.3 Å². The largest absolute Gasteiger partial charge is 0.367 e. The normalized spacial score (nSPS) is 14.2. The third-order valence-corrected chi connectivity index (χ3v) is 4.41. The Morgan fingerprint density at radius 1 is 1.12 bits per heavy atom. The molecule has 2 amide bonds. The molecule has 1 fully saturated rings. The Labute approximate surface area is 151 Å². The molecule has 26 heavy (non-hydrogen) atoms. The highest BCUT2D eigenvalue weighted by Gasteiger charge is 2.19. The van der Waals surface area contributed by atoms with Gasteiger partial charge < -0.3 is 15.1 Å². The molecule has 1 aliphatic rings. The number of hydrogen-bond donors (Lipinski definition) is 1. The molecule has 0 radical (unpaired) electrons. The van der Waals surface area contributed by atoms with E-state index in [0.717, 1.165) is 18.8 Å². The van der Waals surface area contributed by atoms with Crippen molar-refractivity contribution in [3.05, 3.63) is 54.0 Å². The van der Waals surface area contributed by atoms with Crippen molar-refractivity contribution in [1.82, 2.24) is 9.88 Å². The quantitative estimate of drug-likeness (QED) is 0.911. The monoisotopic (exact) mass is 356 g/mol. The molecular weight excluding hydrogens is 335 g/mol. The van der Waals surface area contributed by atoms with Crippen LogP contribution in [-0.4, -0.2) is 47.9 Å². The number of carbonyl (C=O) groups is 2. The molecule has 0 spiro atoms. The van der Waals surface area contributed by atoms with Gasteiger partial charge in [0.1, 0.15) is 11.6 Å². The number of hydrogen-bond acceptors (Lipinski definition) is 4. The lowest BCUT2D eigenvalue weighted by molar-refractivity contribution is -0.129. The fourth-order valence-electron chi connectivity index (χ4n) is 2.93. The van der Waals surface area contributed by atoms with Gasteiger partial charge in [-0.25, -0.2) is 9.37 Å². The van der Waals surface area contributed by atoms with Crippen molar-refractivity contribution in [1.29, 1.82) is 0 Å². The van der Waals surface area contributed by atoms with Crippen LogP contribution in [0.2, 0.25) is 0 Å². The summed E-state index contributed by atoms with van der Waals surface area (Å²) in [6, 6.07) is 9.83. The lowest BCUT2D eigenvalue weighted by Crippen LogP contribution is -2.48. The highest BCUT2D eigenvalue weighted by atomic mass is 19.1. The van der Waals surface area contributed by atoms with Crippen LogP contribution in [0, 0.1) is 5.82 Å². The van der Waals surface area contributed by atoms with Gasteiger partial charge in [-0.15, -0.1) is 0 Å². The Morgan fingerprint density at radius 3 is 2.46 bits per heavy atom. The van der Waals surface area contributed by atoms with E-state index < -0.39 is 5.82 Å². The Balaban J connectivity index is 1.55. The van der Waals surface area contributed by atoms with Gasteiger partial charge in [0.25, 0.3) is 0 Å². The standard InChI is InChI=1S/C19H21FN4O2/c1-14(25)23-8-10-24(11-9-23)16-6-7-18(21-13-16)22-19(26)12-15-4-2-3-5-17(15)20/h2-7,13H,8-12H2,1H3,(H,21,22,26).